The van der Waals surface area contributed by atoms with Crippen LogP contribution in [-0.2, 0) is 0 Å². The van der Waals surface area contributed by atoms with E-state index in [0.29, 0.717) is 5.69 Å². The van der Waals surface area contributed by atoms with Crippen LogP contribution in [0.2, 0.25) is 0 Å². The van der Waals surface area contributed by atoms with E-state index in [-0.39, 0.29) is 28.7 Å². The van der Waals surface area contributed by atoms with E-state index in [1.54, 1.807) is 15.2 Å². The van der Waals surface area contributed by atoms with Gasteiger partial charge in [0.15, 0.2) is 0 Å². The standard InChI is InChI=1S/C22H23IN3O4/c1-4-15(13-9-6-5-7-10-13)25-17-18(21(29)20(17)28)26(23-2)16-12-8-11-14(19(16)27)22(30)24-3/h5-12,15,25,27H,4H2,1-3H3,(H,24,30)/q-1/t15-/m1/s1. The third-order valence-electron chi connectivity index (χ3n) is 4.88. The molecule has 3 rings (SSSR count). The molecule has 0 saturated carbocycles. The first-order chi connectivity index (χ1) is 14.4. The zero-order valence-corrected chi connectivity index (χ0v) is 19.1. The van der Waals surface area contributed by atoms with Crippen LogP contribution in [0.1, 0.15) is 35.3 Å². The van der Waals surface area contributed by atoms with Gasteiger partial charge >= 0.3 is 185 Å². The normalized spacial score (nSPS) is 12.0. The van der Waals surface area contributed by atoms with E-state index in [1.165, 1.54) is 13.1 Å². The van der Waals surface area contributed by atoms with Crippen LogP contribution in [0.25, 0.3) is 0 Å². The molecule has 3 aromatic carbocycles. The average molecular weight is 520 g/mol. The van der Waals surface area contributed by atoms with Gasteiger partial charge in [-0.25, -0.2) is 0 Å². The Balaban J connectivity index is 2.02. The van der Waals surface area contributed by atoms with Crippen LogP contribution in [0.3, 0.4) is 0 Å². The van der Waals surface area contributed by atoms with Crippen molar-refractivity contribution in [1.82, 2.24) is 5.32 Å². The molecule has 0 unspecified atom stereocenters. The van der Waals surface area contributed by atoms with E-state index in [2.05, 4.69) is 10.6 Å². The monoisotopic (exact) mass is 520 g/mol. The molecule has 0 radical (unpaired) electrons. The van der Waals surface area contributed by atoms with Gasteiger partial charge in [-0.3, -0.25) is 0 Å². The molecule has 8 heteroatoms. The molecule has 7 nitrogen and oxygen atoms in total. The van der Waals surface area contributed by atoms with Gasteiger partial charge in [-0.15, -0.1) is 0 Å². The average Bonchev–Trinajstić information content (AvgIpc) is 2.79. The van der Waals surface area contributed by atoms with Crippen molar-refractivity contribution in [1.29, 1.82) is 0 Å². The summed E-state index contributed by atoms with van der Waals surface area (Å²) in [6, 6.07) is 14.4. The Hall–Kier alpha value is -2.88. The van der Waals surface area contributed by atoms with E-state index in [4.69, 9.17) is 0 Å². The van der Waals surface area contributed by atoms with Crippen LogP contribution >= 0.6 is 0 Å². The number of carbonyl (C=O) groups excluding carboxylic acids is 1. The second-order valence-corrected chi connectivity index (χ2v) is 8.53. The van der Waals surface area contributed by atoms with Crippen molar-refractivity contribution in [3.05, 3.63) is 80.1 Å². The van der Waals surface area contributed by atoms with E-state index >= 15 is 0 Å². The molecule has 1 amide bonds. The predicted octanol–water partition coefficient (Wildman–Crippen LogP) is -0.317. The first-order valence-corrected chi connectivity index (χ1v) is 12.5. The number of phenolic OH excluding ortho intramolecular Hbond substituents is 1. The molecule has 0 saturated heterocycles. The summed E-state index contributed by atoms with van der Waals surface area (Å²) >= 11 is -0.775. The molecular weight excluding hydrogens is 497 g/mol. The van der Waals surface area contributed by atoms with Crippen LogP contribution < -0.4 is 46.1 Å². The first kappa shape index (κ1) is 21.8. The van der Waals surface area contributed by atoms with Crippen molar-refractivity contribution < 1.29 is 31.4 Å². The molecule has 0 bridgehead atoms. The van der Waals surface area contributed by atoms with Crippen LogP contribution in [0.4, 0.5) is 17.1 Å². The number of hydrogen-bond donors (Lipinski definition) is 3. The zero-order valence-electron chi connectivity index (χ0n) is 16.9. The van der Waals surface area contributed by atoms with Crippen molar-refractivity contribution in [2.24, 2.45) is 0 Å². The summed E-state index contributed by atoms with van der Waals surface area (Å²) in [6.45, 7) is 2.00. The van der Waals surface area contributed by atoms with Gasteiger partial charge in [-0.2, -0.15) is 0 Å². The van der Waals surface area contributed by atoms with Gasteiger partial charge in [0.2, 0.25) is 0 Å². The minimum absolute atomic E-state index is 0.112. The van der Waals surface area contributed by atoms with Gasteiger partial charge in [0.25, 0.3) is 0 Å². The summed E-state index contributed by atoms with van der Waals surface area (Å²) in [5.74, 6) is -0.644. The number of anilines is 3. The van der Waals surface area contributed by atoms with Crippen molar-refractivity contribution in [3.63, 3.8) is 0 Å². The summed E-state index contributed by atoms with van der Waals surface area (Å²) in [7, 11) is 1.48. The minimum atomic E-state index is -0.775. The van der Waals surface area contributed by atoms with E-state index in [1.807, 2.05) is 42.2 Å². The first-order valence-electron chi connectivity index (χ1n) is 9.43. The molecule has 0 fully saturated rings. The van der Waals surface area contributed by atoms with Gasteiger partial charge in [-0.05, 0) is 0 Å². The fourth-order valence-electron chi connectivity index (χ4n) is 3.29. The number of benzene rings is 2. The summed E-state index contributed by atoms with van der Waals surface area (Å²) in [5, 5.41) is 16.4. The summed E-state index contributed by atoms with van der Waals surface area (Å²) in [6.07, 6.45) is 0.723. The SMILES string of the molecule is CC[C@@H](Nc1c(N([I-]C)c2cccc(C(=O)NC)c2O)c(=O)c1=O)c1ccccc1. The summed E-state index contributed by atoms with van der Waals surface area (Å²) in [5.41, 5.74) is 0.809. The molecular formula is C22H23IN3O4-. The molecule has 0 aromatic heterocycles. The Bertz CT molecular complexity index is 1120. The Morgan fingerprint density at radius 1 is 1.10 bits per heavy atom. The van der Waals surface area contributed by atoms with Gasteiger partial charge in [-0.1, -0.05) is 0 Å². The number of nitrogens with one attached hydrogen (secondary N) is 2. The van der Waals surface area contributed by atoms with Crippen molar-refractivity contribution in [2.45, 2.75) is 19.4 Å². The van der Waals surface area contributed by atoms with Crippen molar-refractivity contribution in [2.75, 3.05) is 20.4 Å². The molecule has 0 spiro atoms. The number of aromatic hydroxyl groups is 1. The van der Waals surface area contributed by atoms with Crippen LogP contribution in [-0.4, -0.2) is 23.0 Å². The van der Waals surface area contributed by atoms with Crippen LogP contribution in [0, 0.1) is 0 Å². The molecule has 3 aromatic rings. The Morgan fingerprint density at radius 3 is 2.40 bits per heavy atom. The second-order valence-electron chi connectivity index (χ2n) is 6.60. The Labute approximate surface area is 185 Å². The van der Waals surface area contributed by atoms with Crippen molar-refractivity contribution >= 4 is 23.0 Å². The number of hydrogen-bond acceptors (Lipinski definition) is 6. The van der Waals surface area contributed by atoms with Gasteiger partial charge in [0.1, 0.15) is 0 Å². The molecule has 0 heterocycles. The quantitative estimate of drug-likeness (QED) is 0.163. The predicted molar refractivity (Wildman–Crippen MR) is 114 cm³/mol. The third-order valence-corrected chi connectivity index (χ3v) is 6.84. The molecule has 30 heavy (non-hydrogen) atoms. The van der Waals surface area contributed by atoms with Gasteiger partial charge < -0.3 is 0 Å². The number of nitrogens with zero attached hydrogens (tertiary/aromatic N) is 1. The molecule has 0 aliphatic rings. The molecule has 3 N–H and O–H groups in total. The maximum absolute atomic E-state index is 12.5. The van der Waals surface area contributed by atoms with Crippen LogP contribution in [0.5, 0.6) is 5.75 Å². The molecule has 0 aliphatic carbocycles. The Morgan fingerprint density at radius 2 is 1.80 bits per heavy atom. The number of halogens is 1. The molecule has 158 valence electrons. The topological polar surface area (TPSA) is 98.7 Å². The fourth-order valence-corrected chi connectivity index (χ4v) is 5.14. The molecule has 0 aliphatic heterocycles. The van der Waals surface area contributed by atoms with Crippen LogP contribution in [0.15, 0.2) is 58.1 Å². The number of phenols is 1. The summed E-state index contributed by atoms with van der Waals surface area (Å²) in [4.78, 5) is 38.9. The van der Waals surface area contributed by atoms with Gasteiger partial charge in [0.05, 0.1) is 0 Å². The molecule has 1 atom stereocenters. The number of carbonyl (C=O) groups is 1. The maximum atomic E-state index is 12.5. The number of para-hydroxylation sites is 1. The third kappa shape index (κ3) is 3.91. The van der Waals surface area contributed by atoms with Crippen molar-refractivity contribution in [3.8, 4) is 5.75 Å². The van der Waals surface area contributed by atoms with E-state index in [9.17, 15) is 19.5 Å². The Kier molecular flexibility index (Phi) is 6.76. The van der Waals surface area contributed by atoms with E-state index in [0.717, 1.165) is 12.0 Å². The second kappa shape index (κ2) is 9.29. The number of rotatable bonds is 8. The number of alkyl halides is 1. The zero-order chi connectivity index (χ0) is 21.8. The van der Waals surface area contributed by atoms with E-state index < -0.39 is 38.2 Å². The van der Waals surface area contributed by atoms with Gasteiger partial charge in [0, 0.05) is 0 Å². The number of amides is 1. The fraction of sp³-hybridized carbons (Fsp3) is 0.227. The summed E-state index contributed by atoms with van der Waals surface area (Å²) < 4.78 is 1.67.